The molecule has 0 bridgehead atoms. The maximum atomic E-state index is 6.23. The van der Waals surface area contributed by atoms with Gasteiger partial charge in [-0.25, -0.2) is 4.98 Å². The lowest BCUT2D eigenvalue weighted by Crippen LogP contribution is -2.53. The van der Waals surface area contributed by atoms with E-state index in [4.69, 9.17) is 15.7 Å². The van der Waals surface area contributed by atoms with Crippen LogP contribution in [0, 0.1) is 0 Å². The van der Waals surface area contributed by atoms with Crippen molar-refractivity contribution in [3.05, 3.63) is 47.2 Å². The van der Waals surface area contributed by atoms with Gasteiger partial charge in [0.1, 0.15) is 5.82 Å². The molecule has 5 nitrogen and oxygen atoms in total. The fourth-order valence-corrected chi connectivity index (χ4v) is 5.45. The molecule has 148 valence electrons. The highest BCUT2D eigenvalue weighted by Crippen LogP contribution is 2.39. The Hall–Kier alpha value is -2.14. The molecular weight excluding hydrogens is 346 g/mol. The van der Waals surface area contributed by atoms with Crippen molar-refractivity contribution in [1.82, 2.24) is 14.9 Å². The minimum absolute atomic E-state index is 0.341. The Morgan fingerprint density at radius 3 is 2.68 bits per heavy atom. The Bertz CT molecular complexity index is 821. The van der Waals surface area contributed by atoms with Crippen molar-refractivity contribution in [2.75, 3.05) is 36.8 Å². The number of benzene rings is 1. The van der Waals surface area contributed by atoms with Gasteiger partial charge in [-0.15, -0.1) is 0 Å². The summed E-state index contributed by atoms with van der Waals surface area (Å²) in [4.78, 5) is 14.7. The average molecular weight is 378 g/mol. The highest BCUT2D eigenvalue weighted by atomic mass is 15.3. The number of fused-ring (bicyclic) bond motifs is 2. The van der Waals surface area contributed by atoms with Gasteiger partial charge in [0.2, 0.25) is 5.95 Å². The molecule has 1 aromatic carbocycles. The van der Waals surface area contributed by atoms with E-state index in [1.807, 2.05) is 0 Å². The molecule has 3 aliphatic rings. The summed E-state index contributed by atoms with van der Waals surface area (Å²) < 4.78 is 0. The number of aromatic nitrogens is 2. The fourth-order valence-electron chi connectivity index (χ4n) is 5.45. The average Bonchev–Trinajstić information content (AvgIpc) is 2.98. The van der Waals surface area contributed by atoms with Crippen LogP contribution in [0.2, 0.25) is 0 Å². The standard InChI is InChI=1S/C23H31N5/c24-23-25-21-19(17-8-3-1-4-9-17)11-7-12-20(21)22(26-23)28-15-14-27-13-6-2-5-10-18(27)16-28/h1,3-4,8-9,18-19H,2,5-7,10-16H2,(H2,24,25,26). The number of nitrogens with two attached hydrogens (primary N) is 1. The highest BCUT2D eigenvalue weighted by Gasteiger charge is 2.33. The number of piperazine rings is 1. The molecule has 2 saturated heterocycles. The number of anilines is 2. The highest BCUT2D eigenvalue weighted by molar-refractivity contribution is 5.55. The molecule has 2 atom stereocenters. The van der Waals surface area contributed by atoms with Gasteiger partial charge >= 0.3 is 0 Å². The quantitative estimate of drug-likeness (QED) is 0.867. The number of nitrogen functional groups attached to an aromatic ring is 1. The molecule has 2 N–H and O–H groups in total. The summed E-state index contributed by atoms with van der Waals surface area (Å²) in [6, 6.07) is 11.4. The van der Waals surface area contributed by atoms with Crippen LogP contribution in [0.4, 0.5) is 11.8 Å². The van der Waals surface area contributed by atoms with Crippen molar-refractivity contribution in [1.29, 1.82) is 0 Å². The first kappa shape index (κ1) is 17.9. The topological polar surface area (TPSA) is 58.3 Å². The maximum absolute atomic E-state index is 6.23. The molecule has 2 aromatic rings. The van der Waals surface area contributed by atoms with E-state index in [1.54, 1.807) is 0 Å². The van der Waals surface area contributed by atoms with Crippen LogP contribution in [0.25, 0.3) is 0 Å². The van der Waals surface area contributed by atoms with Crippen molar-refractivity contribution in [3.63, 3.8) is 0 Å². The minimum Gasteiger partial charge on any atom is -0.368 e. The van der Waals surface area contributed by atoms with E-state index in [2.05, 4.69) is 40.1 Å². The summed E-state index contributed by atoms with van der Waals surface area (Å²) in [6.07, 6.45) is 8.80. The Balaban J connectivity index is 1.48. The van der Waals surface area contributed by atoms with Crippen molar-refractivity contribution in [2.24, 2.45) is 0 Å². The van der Waals surface area contributed by atoms with Gasteiger partial charge in [0.25, 0.3) is 0 Å². The van der Waals surface area contributed by atoms with Crippen LogP contribution in [0.5, 0.6) is 0 Å². The van der Waals surface area contributed by atoms with Crippen LogP contribution in [-0.4, -0.2) is 47.1 Å². The minimum atomic E-state index is 0.341. The first-order valence-electron chi connectivity index (χ1n) is 11.0. The predicted molar refractivity (Wildman–Crippen MR) is 114 cm³/mol. The Morgan fingerprint density at radius 2 is 1.79 bits per heavy atom. The Kier molecular flexibility index (Phi) is 4.93. The van der Waals surface area contributed by atoms with Gasteiger partial charge < -0.3 is 10.6 Å². The molecule has 0 radical (unpaired) electrons. The van der Waals surface area contributed by atoms with Gasteiger partial charge in [-0.3, -0.25) is 4.90 Å². The number of hydrogen-bond acceptors (Lipinski definition) is 5. The molecule has 2 aliphatic heterocycles. The molecular formula is C23H31N5. The first-order valence-corrected chi connectivity index (χ1v) is 11.0. The monoisotopic (exact) mass is 377 g/mol. The van der Waals surface area contributed by atoms with Gasteiger partial charge in [-0.2, -0.15) is 4.98 Å². The molecule has 5 heteroatoms. The van der Waals surface area contributed by atoms with Gasteiger partial charge in [0.05, 0.1) is 5.69 Å². The number of rotatable bonds is 2. The third-order valence-electron chi connectivity index (χ3n) is 6.87. The predicted octanol–water partition coefficient (Wildman–Crippen LogP) is 3.59. The van der Waals surface area contributed by atoms with Gasteiger partial charge in [0.15, 0.2) is 0 Å². The first-order chi connectivity index (χ1) is 13.8. The second-order valence-electron chi connectivity index (χ2n) is 8.61. The Labute approximate surface area is 168 Å². The summed E-state index contributed by atoms with van der Waals surface area (Å²) in [5.74, 6) is 1.89. The molecule has 0 amide bonds. The van der Waals surface area contributed by atoms with Crippen LogP contribution in [0.15, 0.2) is 30.3 Å². The molecule has 2 fully saturated rings. The SMILES string of the molecule is Nc1nc2c(c(N3CCN4CCCCCC4C3)n1)CCCC2c1ccccc1. The number of hydrogen-bond donors (Lipinski definition) is 1. The largest absolute Gasteiger partial charge is 0.368 e. The van der Waals surface area contributed by atoms with Crippen LogP contribution in [-0.2, 0) is 6.42 Å². The third-order valence-corrected chi connectivity index (χ3v) is 6.87. The lowest BCUT2D eigenvalue weighted by molar-refractivity contribution is 0.180. The smallest absolute Gasteiger partial charge is 0.222 e. The fraction of sp³-hybridized carbons (Fsp3) is 0.565. The second kappa shape index (κ2) is 7.70. The molecule has 5 rings (SSSR count). The van der Waals surface area contributed by atoms with E-state index in [0.717, 1.165) is 38.3 Å². The van der Waals surface area contributed by atoms with Gasteiger partial charge in [0, 0.05) is 37.2 Å². The van der Waals surface area contributed by atoms with Crippen LogP contribution < -0.4 is 10.6 Å². The third kappa shape index (κ3) is 3.37. The van der Waals surface area contributed by atoms with Crippen LogP contribution >= 0.6 is 0 Å². The molecule has 0 saturated carbocycles. The van der Waals surface area contributed by atoms with Crippen LogP contribution in [0.1, 0.15) is 61.3 Å². The van der Waals surface area contributed by atoms with E-state index >= 15 is 0 Å². The van der Waals surface area contributed by atoms with Crippen molar-refractivity contribution in [2.45, 2.75) is 56.9 Å². The number of nitrogens with zero attached hydrogens (tertiary/aromatic N) is 4. The molecule has 28 heavy (non-hydrogen) atoms. The van der Waals surface area contributed by atoms with E-state index in [1.165, 1.54) is 55.5 Å². The summed E-state index contributed by atoms with van der Waals surface area (Å²) in [6.45, 7) is 4.54. The van der Waals surface area contributed by atoms with Crippen molar-refractivity contribution < 1.29 is 0 Å². The summed E-state index contributed by atoms with van der Waals surface area (Å²) >= 11 is 0. The molecule has 3 heterocycles. The zero-order valence-electron chi connectivity index (χ0n) is 16.7. The van der Waals surface area contributed by atoms with E-state index < -0.39 is 0 Å². The molecule has 1 aliphatic carbocycles. The maximum Gasteiger partial charge on any atom is 0.222 e. The lowest BCUT2D eigenvalue weighted by Gasteiger charge is -2.42. The summed E-state index contributed by atoms with van der Waals surface area (Å²) in [5.41, 5.74) is 10.1. The van der Waals surface area contributed by atoms with Gasteiger partial charge in [-0.05, 0) is 44.2 Å². The van der Waals surface area contributed by atoms with Crippen molar-refractivity contribution >= 4 is 11.8 Å². The van der Waals surface area contributed by atoms with E-state index in [9.17, 15) is 0 Å². The molecule has 2 unspecified atom stereocenters. The normalized spacial score (nSPS) is 25.6. The Morgan fingerprint density at radius 1 is 0.893 bits per heavy atom. The lowest BCUT2D eigenvalue weighted by atomic mass is 9.82. The zero-order valence-corrected chi connectivity index (χ0v) is 16.7. The van der Waals surface area contributed by atoms with Gasteiger partial charge in [-0.1, -0.05) is 43.2 Å². The second-order valence-corrected chi connectivity index (χ2v) is 8.61. The van der Waals surface area contributed by atoms with Crippen LogP contribution in [0.3, 0.4) is 0 Å². The molecule has 1 aromatic heterocycles. The van der Waals surface area contributed by atoms with E-state index in [-0.39, 0.29) is 0 Å². The summed E-state index contributed by atoms with van der Waals surface area (Å²) in [5, 5.41) is 0. The van der Waals surface area contributed by atoms with E-state index in [0.29, 0.717) is 17.9 Å². The van der Waals surface area contributed by atoms with Crippen molar-refractivity contribution in [3.8, 4) is 0 Å². The molecule has 0 spiro atoms. The zero-order chi connectivity index (χ0) is 18.9. The summed E-state index contributed by atoms with van der Waals surface area (Å²) in [7, 11) is 0.